The van der Waals surface area contributed by atoms with Crippen molar-refractivity contribution in [3.63, 3.8) is 0 Å². The predicted molar refractivity (Wildman–Crippen MR) is 121 cm³/mol. The molecule has 2 N–H and O–H groups in total. The molecule has 0 unspecified atom stereocenters. The molecular formula is C22H20N4O3S2. The van der Waals surface area contributed by atoms with Gasteiger partial charge in [0.15, 0.2) is 0 Å². The SMILES string of the molecule is O=C(Nc1ccccc1-c1nc2ccccc2[nH]1)[C@@H]1CCCN1S(=O)(=O)c1cccs1. The number of aromatic amines is 1. The summed E-state index contributed by atoms with van der Waals surface area (Å²) in [4.78, 5) is 21.1. The Kier molecular flexibility index (Phi) is 5.09. The Morgan fingerprint density at radius 2 is 1.90 bits per heavy atom. The lowest BCUT2D eigenvalue weighted by Crippen LogP contribution is -2.42. The van der Waals surface area contributed by atoms with E-state index in [-0.39, 0.29) is 10.1 Å². The molecule has 158 valence electrons. The minimum atomic E-state index is -3.69. The molecule has 0 spiro atoms. The van der Waals surface area contributed by atoms with Gasteiger partial charge in [0, 0.05) is 12.1 Å². The quantitative estimate of drug-likeness (QED) is 0.477. The van der Waals surface area contributed by atoms with Crippen molar-refractivity contribution in [3.8, 4) is 11.4 Å². The second-order valence-electron chi connectivity index (χ2n) is 7.34. The Morgan fingerprint density at radius 1 is 1.10 bits per heavy atom. The molecule has 2 aromatic heterocycles. The summed E-state index contributed by atoms with van der Waals surface area (Å²) in [6.45, 7) is 0.337. The van der Waals surface area contributed by atoms with E-state index in [1.807, 2.05) is 42.5 Å². The topological polar surface area (TPSA) is 95.2 Å². The first-order valence-electron chi connectivity index (χ1n) is 9.94. The van der Waals surface area contributed by atoms with Gasteiger partial charge in [-0.05, 0) is 48.6 Å². The number of fused-ring (bicyclic) bond motifs is 1. The van der Waals surface area contributed by atoms with Gasteiger partial charge in [-0.2, -0.15) is 4.31 Å². The molecule has 9 heteroatoms. The van der Waals surface area contributed by atoms with Crippen molar-refractivity contribution in [2.45, 2.75) is 23.1 Å². The second kappa shape index (κ2) is 7.92. The van der Waals surface area contributed by atoms with E-state index in [4.69, 9.17) is 0 Å². The van der Waals surface area contributed by atoms with Crippen molar-refractivity contribution in [2.24, 2.45) is 0 Å². The number of thiophene rings is 1. The number of carbonyl (C=O) groups excluding carboxylic acids is 1. The third kappa shape index (κ3) is 3.65. The van der Waals surface area contributed by atoms with Gasteiger partial charge in [-0.25, -0.2) is 13.4 Å². The lowest BCUT2D eigenvalue weighted by Gasteiger charge is -2.23. The lowest BCUT2D eigenvalue weighted by atomic mass is 10.1. The van der Waals surface area contributed by atoms with Crippen LogP contribution in [0, 0.1) is 0 Å². The van der Waals surface area contributed by atoms with Gasteiger partial charge >= 0.3 is 0 Å². The number of imidazole rings is 1. The third-order valence-electron chi connectivity index (χ3n) is 5.39. The fraction of sp³-hybridized carbons (Fsp3) is 0.182. The highest BCUT2D eigenvalue weighted by molar-refractivity contribution is 7.91. The van der Waals surface area contributed by atoms with E-state index in [1.54, 1.807) is 23.6 Å². The van der Waals surface area contributed by atoms with E-state index < -0.39 is 16.1 Å². The second-order valence-corrected chi connectivity index (χ2v) is 10.4. The van der Waals surface area contributed by atoms with Gasteiger partial charge in [0.1, 0.15) is 16.1 Å². The van der Waals surface area contributed by atoms with Crippen molar-refractivity contribution in [1.29, 1.82) is 0 Å². The molecule has 1 amide bonds. The summed E-state index contributed by atoms with van der Waals surface area (Å²) in [7, 11) is -3.69. The summed E-state index contributed by atoms with van der Waals surface area (Å²) in [6, 6.07) is 17.6. The maximum absolute atomic E-state index is 13.2. The van der Waals surface area contributed by atoms with Gasteiger partial charge in [0.25, 0.3) is 10.0 Å². The lowest BCUT2D eigenvalue weighted by molar-refractivity contribution is -0.119. The van der Waals surface area contributed by atoms with Gasteiger partial charge in [0.05, 0.1) is 16.7 Å². The molecule has 31 heavy (non-hydrogen) atoms. The highest BCUT2D eigenvalue weighted by Crippen LogP contribution is 2.31. The number of rotatable bonds is 5. The number of benzene rings is 2. The van der Waals surface area contributed by atoms with E-state index in [2.05, 4.69) is 15.3 Å². The van der Waals surface area contributed by atoms with E-state index in [9.17, 15) is 13.2 Å². The summed E-state index contributed by atoms with van der Waals surface area (Å²) < 4.78 is 27.6. The number of anilines is 1. The standard InChI is InChI=1S/C22H20N4O3S2/c27-22(19-11-5-13-26(19)31(28,29)20-12-6-14-30-20)25-16-8-2-1-7-15(16)21-23-17-9-3-4-10-18(17)24-21/h1-4,6-10,12,14,19H,5,11,13H2,(H,23,24)(H,25,27)/t19-/m0/s1. The molecule has 5 rings (SSSR count). The largest absolute Gasteiger partial charge is 0.338 e. The predicted octanol–water partition coefficient (Wildman–Crippen LogP) is 4.08. The van der Waals surface area contributed by atoms with Crippen molar-refractivity contribution in [3.05, 3.63) is 66.0 Å². The Hall–Kier alpha value is -3.01. The molecule has 1 aliphatic heterocycles. The van der Waals surface area contributed by atoms with Crippen LogP contribution in [0.5, 0.6) is 0 Å². The maximum atomic E-state index is 13.2. The summed E-state index contributed by atoms with van der Waals surface area (Å²) in [6.07, 6.45) is 1.14. The van der Waals surface area contributed by atoms with Gasteiger partial charge < -0.3 is 10.3 Å². The summed E-state index contributed by atoms with van der Waals surface area (Å²) in [5.74, 6) is 0.313. The van der Waals surface area contributed by atoms with Crippen LogP contribution in [0.2, 0.25) is 0 Å². The fourth-order valence-electron chi connectivity index (χ4n) is 3.91. The number of nitrogens with one attached hydrogen (secondary N) is 2. The summed E-state index contributed by atoms with van der Waals surface area (Å²) >= 11 is 1.16. The van der Waals surface area contributed by atoms with Crippen molar-refractivity contribution >= 4 is 44.0 Å². The number of sulfonamides is 1. The maximum Gasteiger partial charge on any atom is 0.253 e. The molecule has 2 aromatic carbocycles. The Morgan fingerprint density at radius 3 is 2.71 bits per heavy atom. The molecule has 0 radical (unpaired) electrons. The van der Waals surface area contributed by atoms with Crippen LogP contribution in [0.25, 0.3) is 22.4 Å². The average Bonchev–Trinajstić information content (AvgIpc) is 3.54. The smallest absolute Gasteiger partial charge is 0.253 e. The molecule has 0 bridgehead atoms. The minimum absolute atomic E-state index is 0.259. The molecule has 0 aliphatic carbocycles. The highest BCUT2D eigenvalue weighted by atomic mass is 32.2. The summed E-state index contributed by atoms with van der Waals surface area (Å²) in [5, 5.41) is 4.66. The van der Waals surface area contributed by atoms with Crippen LogP contribution in [-0.4, -0.2) is 41.2 Å². The zero-order chi connectivity index (χ0) is 21.4. The van der Waals surface area contributed by atoms with Crippen LogP contribution in [0.1, 0.15) is 12.8 Å². The molecule has 0 saturated carbocycles. The number of hydrogen-bond acceptors (Lipinski definition) is 5. The zero-order valence-corrected chi connectivity index (χ0v) is 18.1. The Bertz CT molecular complexity index is 1310. The Balaban J connectivity index is 1.43. The van der Waals surface area contributed by atoms with Crippen LogP contribution in [-0.2, 0) is 14.8 Å². The number of carbonyl (C=O) groups is 1. The van der Waals surface area contributed by atoms with Crippen molar-refractivity contribution < 1.29 is 13.2 Å². The van der Waals surface area contributed by atoms with E-state index in [0.717, 1.165) is 27.9 Å². The fourth-order valence-corrected chi connectivity index (χ4v) is 6.69. The van der Waals surface area contributed by atoms with E-state index in [0.29, 0.717) is 30.9 Å². The van der Waals surface area contributed by atoms with Gasteiger partial charge in [-0.3, -0.25) is 4.79 Å². The average molecular weight is 453 g/mol. The van der Waals surface area contributed by atoms with Gasteiger partial charge in [-0.15, -0.1) is 11.3 Å². The molecule has 4 aromatic rings. The highest BCUT2D eigenvalue weighted by Gasteiger charge is 2.40. The number of aromatic nitrogens is 2. The molecule has 1 saturated heterocycles. The molecule has 7 nitrogen and oxygen atoms in total. The first kappa shape index (κ1) is 19.9. The number of nitrogens with zero attached hydrogens (tertiary/aromatic N) is 2. The van der Waals surface area contributed by atoms with Crippen molar-refractivity contribution in [2.75, 3.05) is 11.9 Å². The van der Waals surface area contributed by atoms with E-state index >= 15 is 0 Å². The third-order valence-corrected chi connectivity index (χ3v) is 8.68. The van der Waals surface area contributed by atoms with Crippen LogP contribution >= 0.6 is 11.3 Å². The molecular weight excluding hydrogens is 432 g/mol. The first-order chi connectivity index (χ1) is 15.0. The molecule has 1 aliphatic rings. The zero-order valence-electron chi connectivity index (χ0n) is 16.5. The number of H-pyrrole nitrogens is 1. The molecule has 1 fully saturated rings. The minimum Gasteiger partial charge on any atom is -0.338 e. The van der Waals surface area contributed by atoms with Crippen LogP contribution < -0.4 is 5.32 Å². The van der Waals surface area contributed by atoms with Crippen LogP contribution in [0.3, 0.4) is 0 Å². The Labute approximate surface area is 183 Å². The number of amides is 1. The van der Waals surface area contributed by atoms with E-state index in [1.165, 1.54) is 4.31 Å². The number of hydrogen-bond donors (Lipinski definition) is 2. The number of para-hydroxylation sites is 3. The van der Waals surface area contributed by atoms with Crippen LogP contribution in [0.15, 0.2) is 70.3 Å². The molecule has 3 heterocycles. The van der Waals surface area contributed by atoms with Gasteiger partial charge in [0.2, 0.25) is 5.91 Å². The monoisotopic (exact) mass is 452 g/mol. The van der Waals surface area contributed by atoms with Crippen molar-refractivity contribution in [1.82, 2.24) is 14.3 Å². The normalized spacial score (nSPS) is 17.2. The molecule has 1 atom stereocenters. The van der Waals surface area contributed by atoms with Crippen LogP contribution in [0.4, 0.5) is 5.69 Å². The summed E-state index contributed by atoms with van der Waals surface area (Å²) in [5.41, 5.74) is 3.08. The first-order valence-corrected chi connectivity index (χ1v) is 12.3. The van der Waals surface area contributed by atoms with Gasteiger partial charge in [-0.1, -0.05) is 30.3 Å².